The number of carbonyl (C=O) groups is 1. The van der Waals surface area contributed by atoms with E-state index in [0.717, 1.165) is 37.1 Å². The lowest BCUT2D eigenvalue weighted by Crippen LogP contribution is -2.43. The quantitative estimate of drug-likeness (QED) is 0.538. The molecule has 160 valence electrons. The van der Waals surface area contributed by atoms with Gasteiger partial charge in [-0.2, -0.15) is 0 Å². The van der Waals surface area contributed by atoms with Gasteiger partial charge in [-0.3, -0.25) is 9.69 Å². The monoisotopic (exact) mass is 412 g/mol. The van der Waals surface area contributed by atoms with Gasteiger partial charge in [-0.25, -0.2) is 0 Å². The van der Waals surface area contributed by atoms with E-state index in [-0.39, 0.29) is 5.91 Å². The van der Waals surface area contributed by atoms with E-state index in [4.69, 9.17) is 0 Å². The first-order chi connectivity index (χ1) is 15.1. The maximum atomic E-state index is 13.4. The fraction of sp³-hybridized carbons (Fsp3) is 0.321. The summed E-state index contributed by atoms with van der Waals surface area (Å²) in [5.74, 6) is 0.0871. The number of hydrogen-bond donors (Lipinski definition) is 1. The summed E-state index contributed by atoms with van der Waals surface area (Å²) < 4.78 is 0. The zero-order chi connectivity index (χ0) is 21.8. The highest BCUT2D eigenvalue weighted by Gasteiger charge is 2.48. The van der Waals surface area contributed by atoms with Crippen LogP contribution in [0.2, 0.25) is 0 Å². The second-order valence-electron chi connectivity index (χ2n) is 8.73. The minimum atomic E-state index is -0.628. The minimum absolute atomic E-state index is 0.0871. The number of rotatable bonds is 8. The molecule has 0 unspecified atom stereocenters. The Morgan fingerprint density at radius 3 is 1.97 bits per heavy atom. The average molecular weight is 413 g/mol. The number of benzene rings is 3. The smallest absolute Gasteiger partial charge is 0.234 e. The number of fused-ring (bicyclic) bond motifs is 3. The van der Waals surface area contributed by atoms with Crippen LogP contribution in [0.3, 0.4) is 0 Å². The fourth-order valence-corrected chi connectivity index (χ4v) is 5.05. The van der Waals surface area contributed by atoms with Crippen LogP contribution in [0.25, 0.3) is 11.1 Å². The van der Waals surface area contributed by atoms with Crippen LogP contribution in [0.5, 0.6) is 0 Å². The molecule has 0 radical (unpaired) electrons. The van der Waals surface area contributed by atoms with Gasteiger partial charge in [-0.1, -0.05) is 78.9 Å². The molecule has 1 aliphatic rings. The lowest BCUT2D eigenvalue weighted by molar-refractivity contribution is -0.125. The van der Waals surface area contributed by atoms with Crippen molar-refractivity contribution in [1.82, 2.24) is 10.2 Å². The molecule has 0 heterocycles. The molecular formula is C28H32N2O. The highest BCUT2D eigenvalue weighted by molar-refractivity contribution is 6.00. The molecule has 31 heavy (non-hydrogen) atoms. The van der Waals surface area contributed by atoms with E-state index in [9.17, 15) is 4.79 Å². The summed E-state index contributed by atoms with van der Waals surface area (Å²) in [6.07, 6.45) is 1.74. The molecule has 0 fully saturated rings. The summed E-state index contributed by atoms with van der Waals surface area (Å²) in [6.45, 7) is 6.38. The molecule has 0 saturated carbocycles. The average Bonchev–Trinajstić information content (AvgIpc) is 3.09. The molecule has 0 spiro atoms. The van der Waals surface area contributed by atoms with Crippen LogP contribution < -0.4 is 5.32 Å². The second-order valence-corrected chi connectivity index (χ2v) is 8.73. The number of hydrogen-bond acceptors (Lipinski definition) is 2. The maximum absolute atomic E-state index is 13.4. The molecule has 0 bridgehead atoms. The van der Waals surface area contributed by atoms with Crippen LogP contribution in [0, 0.1) is 0 Å². The first-order valence-electron chi connectivity index (χ1n) is 11.3. The Morgan fingerprint density at radius 2 is 1.42 bits per heavy atom. The normalized spacial score (nSPS) is 13.8. The standard InChI is InChI=1S/C28H32N2O/c1-21(2)30(20-22-12-5-4-6-13-22)19-11-18-28(27(31)29-3)25-16-9-7-14-23(25)24-15-8-10-17-26(24)28/h4-10,12-17,21H,11,18-20H2,1-3H3,(H,29,31). The third kappa shape index (κ3) is 3.90. The van der Waals surface area contributed by atoms with Crippen molar-refractivity contribution in [1.29, 1.82) is 0 Å². The molecule has 1 amide bonds. The van der Waals surface area contributed by atoms with E-state index in [1.165, 1.54) is 16.7 Å². The third-order valence-electron chi connectivity index (χ3n) is 6.63. The van der Waals surface area contributed by atoms with Gasteiger partial charge in [0.1, 0.15) is 5.41 Å². The van der Waals surface area contributed by atoms with E-state index in [0.29, 0.717) is 6.04 Å². The molecule has 4 rings (SSSR count). The van der Waals surface area contributed by atoms with E-state index in [2.05, 4.69) is 103 Å². The molecule has 1 N–H and O–H groups in total. The Balaban J connectivity index is 1.62. The minimum Gasteiger partial charge on any atom is -0.358 e. The van der Waals surface area contributed by atoms with Gasteiger partial charge in [0, 0.05) is 19.6 Å². The van der Waals surface area contributed by atoms with Crippen molar-refractivity contribution in [2.45, 2.75) is 44.7 Å². The van der Waals surface area contributed by atoms with Gasteiger partial charge in [0.25, 0.3) is 0 Å². The van der Waals surface area contributed by atoms with Gasteiger partial charge in [-0.15, -0.1) is 0 Å². The Hall–Kier alpha value is -2.91. The number of carbonyl (C=O) groups excluding carboxylic acids is 1. The van der Waals surface area contributed by atoms with Crippen molar-refractivity contribution in [3.05, 3.63) is 95.6 Å². The van der Waals surface area contributed by atoms with E-state index >= 15 is 0 Å². The topological polar surface area (TPSA) is 32.3 Å². The van der Waals surface area contributed by atoms with Crippen molar-refractivity contribution in [3.8, 4) is 11.1 Å². The molecule has 3 aromatic rings. The molecule has 0 atom stereocenters. The van der Waals surface area contributed by atoms with Gasteiger partial charge in [0.2, 0.25) is 5.91 Å². The SMILES string of the molecule is CNC(=O)C1(CCCN(Cc2ccccc2)C(C)C)c2ccccc2-c2ccccc21. The summed E-state index contributed by atoms with van der Waals surface area (Å²) >= 11 is 0. The Bertz CT molecular complexity index is 996. The molecule has 3 nitrogen and oxygen atoms in total. The van der Waals surface area contributed by atoms with Crippen LogP contribution >= 0.6 is 0 Å². The van der Waals surface area contributed by atoms with Gasteiger partial charge in [-0.05, 0) is 61.1 Å². The summed E-state index contributed by atoms with van der Waals surface area (Å²) in [7, 11) is 1.75. The van der Waals surface area contributed by atoms with Crippen LogP contribution in [0.4, 0.5) is 0 Å². The van der Waals surface area contributed by atoms with Crippen LogP contribution in [0.15, 0.2) is 78.9 Å². The van der Waals surface area contributed by atoms with Gasteiger partial charge in [0.15, 0.2) is 0 Å². The zero-order valence-corrected chi connectivity index (χ0v) is 18.8. The van der Waals surface area contributed by atoms with Crippen molar-refractivity contribution in [2.75, 3.05) is 13.6 Å². The van der Waals surface area contributed by atoms with Crippen LogP contribution in [0.1, 0.15) is 43.4 Å². The molecule has 1 aliphatic carbocycles. The Morgan fingerprint density at radius 1 is 0.871 bits per heavy atom. The van der Waals surface area contributed by atoms with Crippen LogP contribution in [-0.4, -0.2) is 30.4 Å². The molecule has 0 saturated heterocycles. The second kappa shape index (κ2) is 9.07. The fourth-order valence-electron chi connectivity index (χ4n) is 5.05. The highest BCUT2D eigenvalue weighted by atomic mass is 16.2. The Kier molecular flexibility index (Phi) is 6.24. The molecular weight excluding hydrogens is 380 g/mol. The molecule has 3 heteroatoms. The van der Waals surface area contributed by atoms with Crippen molar-refractivity contribution in [2.24, 2.45) is 0 Å². The zero-order valence-electron chi connectivity index (χ0n) is 18.8. The first kappa shape index (κ1) is 21.3. The number of nitrogens with one attached hydrogen (secondary N) is 1. The summed E-state index contributed by atoms with van der Waals surface area (Å²) in [6, 6.07) is 27.9. The lowest BCUT2D eigenvalue weighted by atomic mass is 9.73. The molecule has 3 aromatic carbocycles. The third-order valence-corrected chi connectivity index (χ3v) is 6.63. The number of amides is 1. The summed E-state index contributed by atoms with van der Waals surface area (Å²) in [5.41, 5.74) is 5.34. The van der Waals surface area contributed by atoms with E-state index in [1.807, 2.05) is 0 Å². The van der Waals surface area contributed by atoms with Crippen molar-refractivity contribution in [3.63, 3.8) is 0 Å². The summed E-state index contributed by atoms with van der Waals surface area (Å²) in [5, 5.41) is 2.98. The van der Waals surface area contributed by atoms with Gasteiger partial charge in [0.05, 0.1) is 0 Å². The van der Waals surface area contributed by atoms with Crippen molar-refractivity contribution < 1.29 is 4.79 Å². The maximum Gasteiger partial charge on any atom is 0.234 e. The predicted octanol–water partition coefficient (Wildman–Crippen LogP) is 5.39. The van der Waals surface area contributed by atoms with E-state index in [1.54, 1.807) is 7.05 Å². The Labute approximate surface area is 186 Å². The highest BCUT2D eigenvalue weighted by Crippen LogP contribution is 2.51. The first-order valence-corrected chi connectivity index (χ1v) is 11.3. The van der Waals surface area contributed by atoms with Gasteiger partial charge < -0.3 is 5.32 Å². The van der Waals surface area contributed by atoms with Gasteiger partial charge >= 0.3 is 0 Å². The lowest BCUT2D eigenvalue weighted by Gasteiger charge is -2.32. The van der Waals surface area contributed by atoms with E-state index < -0.39 is 5.41 Å². The molecule has 0 aliphatic heterocycles. The largest absolute Gasteiger partial charge is 0.358 e. The number of likely N-dealkylation sites (N-methyl/N-ethyl adjacent to an activating group) is 1. The number of nitrogens with zero attached hydrogens (tertiary/aromatic N) is 1. The predicted molar refractivity (Wildman–Crippen MR) is 128 cm³/mol. The summed E-state index contributed by atoms with van der Waals surface area (Å²) in [4.78, 5) is 15.9. The molecule has 0 aromatic heterocycles. The van der Waals surface area contributed by atoms with Crippen molar-refractivity contribution >= 4 is 5.91 Å². The van der Waals surface area contributed by atoms with Crippen LogP contribution in [-0.2, 0) is 16.8 Å².